The molecule has 0 radical (unpaired) electrons. The number of carbonyl (C=O) groups is 2. The molecular formula is C34H37N9O5. The molecule has 0 saturated carbocycles. The molecule has 3 fully saturated rings. The molecule has 0 atom stereocenters. The number of pyridine rings is 1. The summed E-state index contributed by atoms with van der Waals surface area (Å²) in [6.07, 6.45) is 4.18. The fraction of sp³-hybridized carbons (Fsp3) is 0.353. The lowest BCUT2D eigenvalue weighted by molar-refractivity contribution is -0.0355. The zero-order valence-electron chi connectivity index (χ0n) is 26.4. The van der Waals surface area contributed by atoms with Gasteiger partial charge in [0.2, 0.25) is 11.9 Å². The Balaban J connectivity index is 0.988. The van der Waals surface area contributed by atoms with Crippen molar-refractivity contribution >= 4 is 35.2 Å². The van der Waals surface area contributed by atoms with E-state index in [1.54, 1.807) is 36.7 Å². The third-order valence-electron chi connectivity index (χ3n) is 8.42. The Bertz CT molecular complexity index is 1680. The van der Waals surface area contributed by atoms with E-state index in [0.717, 1.165) is 11.1 Å². The normalized spacial score (nSPS) is 19.0. The third-order valence-corrected chi connectivity index (χ3v) is 8.42. The monoisotopic (exact) mass is 651 g/mol. The second-order valence-electron chi connectivity index (χ2n) is 11.7. The number of urea groups is 1. The minimum Gasteiger partial charge on any atom is -0.378 e. The first kappa shape index (κ1) is 31.4. The van der Waals surface area contributed by atoms with Crippen molar-refractivity contribution in [2.45, 2.75) is 18.5 Å². The predicted octanol–water partition coefficient (Wildman–Crippen LogP) is 2.99. The lowest BCUT2D eigenvalue weighted by Crippen LogP contribution is -2.60. The number of hydrogen-bond acceptors (Lipinski definition) is 11. The Hall–Kier alpha value is -5.18. The van der Waals surface area contributed by atoms with Gasteiger partial charge in [0.05, 0.1) is 51.7 Å². The van der Waals surface area contributed by atoms with Crippen LogP contribution in [-0.4, -0.2) is 103 Å². The average molecular weight is 652 g/mol. The molecule has 0 spiro atoms. The Morgan fingerprint density at radius 1 is 0.729 bits per heavy atom. The summed E-state index contributed by atoms with van der Waals surface area (Å²) in [6, 6.07) is 17.6. The molecule has 3 amide bonds. The summed E-state index contributed by atoms with van der Waals surface area (Å²) in [7, 11) is 0. The van der Waals surface area contributed by atoms with Gasteiger partial charge in [-0.15, -0.1) is 0 Å². The van der Waals surface area contributed by atoms with Gasteiger partial charge < -0.3 is 40.0 Å². The minimum absolute atomic E-state index is 0.0341. The van der Waals surface area contributed by atoms with Crippen LogP contribution in [0.4, 0.5) is 28.1 Å². The molecule has 2 bridgehead atoms. The van der Waals surface area contributed by atoms with Crippen molar-refractivity contribution < 1.29 is 23.8 Å². The number of fused-ring (bicyclic) bond motifs is 2. The molecule has 7 rings (SSSR count). The van der Waals surface area contributed by atoms with Crippen LogP contribution >= 0.6 is 0 Å². The zero-order chi connectivity index (χ0) is 32.7. The third kappa shape index (κ3) is 7.51. The van der Waals surface area contributed by atoms with Gasteiger partial charge in [-0.25, -0.2) is 4.79 Å². The van der Waals surface area contributed by atoms with Crippen molar-refractivity contribution in [2.24, 2.45) is 0 Å². The maximum absolute atomic E-state index is 12.8. The van der Waals surface area contributed by atoms with Crippen LogP contribution in [0.15, 0.2) is 73.1 Å². The first-order valence-corrected chi connectivity index (χ1v) is 16.1. The molecule has 2 aromatic heterocycles. The van der Waals surface area contributed by atoms with Crippen LogP contribution in [0, 0.1) is 0 Å². The number of aromatic nitrogens is 4. The number of amides is 3. The van der Waals surface area contributed by atoms with Gasteiger partial charge in [-0.3, -0.25) is 9.78 Å². The van der Waals surface area contributed by atoms with Crippen LogP contribution in [0.25, 0.3) is 11.4 Å². The highest BCUT2D eigenvalue weighted by Crippen LogP contribution is 2.29. The topological polar surface area (TPSA) is 156 Å². The van der Waals surface area contributed by atoms with Crippen LogP contribution in [0.1, 0.15) is 15.9 Å². The molecular weight excluding hydrogens is 614 g/mol. The molecule has 3 aliphatic heterocycles. The Labute approximate surface area is 277 Å². The number of rotatable bonds is 9. The highest BCUT2D eigenvalue weighted by atomic mass is 16.5. The van der Waals surface area contributed by atoms with Crippen molar-refractivity contribution in [3.63, 3.8) is 0 Å². The fourth-order valence-electron chi connectivity index (χ4n) is 5.90. The largest absolute Gasteiger partial charge is 0.378 e. The molecule has 2 aromatic carbocycles. The number of nitrogens with zero attached hydrogens (tertiary/aromatic N) is 6. The summed E-state index contributed by atoms with van der Waals surface area (Å²) in [5.41, 5.74) is 3.57. The molecule has 14 heteroatoms. The first-order valence-electron chi connectivity index (χ1n) is 16.1. The van der Waals surface area contributed by atoms with E-state index in [0.29, 0.717) is 100 Å². The standard InChI is InChI=1S/C34H37N9O5/c44-31(36-14-11-23-9-12-35-13-10-23)25-3-7-27(8-4-25)38-34(45)37-26-5-1-24(2-6-26)30-39-32(42-15-17-46-18-16-42)41-33(40-30)43-28-19-47-21-29(43)22-48-20-28/h1-10,12-13,28-29H,11,14-22H2,(H,36,44)(H2,37,38,45). The van der Waals surface area contributed by atoms with Gasteiger partial charge in [-0.2, -0.15) is 15.0 Å². The van der Waals surface area contributed by atoms with Crippen molar-refractivity contribution in [2.75, 3.05) is 79.7 Å². The Morgan fingerprint density at radius 2 is 1.33 bits per heavy atom. The van der Waals surface area contributed by atoms with E-state index in [1.165, 1.54) is 0 Å². The van der Waals surface area contributed by atoms with Crippen LogP contribution in [0.5, 0.6) is 0 Å². The highest BCUT2D eigenvalue weighted by molar-refractivity contribution is 6.00. The number of hydrogen-bond donors (Lipinski definition) is 3. The fourth-order valence-corrected chi connectivity index (χ4v) is 5.90. The molecule has 3 aliphatic rings. The second-order valence-corrected chi connectivity index (χ2v) is 11.7. The Morgan fingerprint density at radius 3 is 1.98 bits per heavy atom. The van der Waals surface area contributed by atoms with Crippen molar-refractivity contribution in [1.29, 1.82) is 0 Å². The predicted molar refractivity (Wildman–Crippen MR) is 179 cm³/mol. The van der Waals surface area contributed by atoms with E-state index in [1.807, 2.05) is 36.4 Å². The number of morpholine rings is 3. The van der Waals surface area contributed by atoms with Crippen molar-refractivity contribution in [3.8, 4) is 11.4 Å². The van der Waals surface area contributed by atoms with E-state index in [2.05, 4.69) is 30.7 Å². The molecule has 4 aromatic rings. The smallest absolute Gasteiger partial charge is 0.323 e. The van der Waals surface area contributed by atoms with E-state index < -0.39 is 6.03 Å². The van der Waals surface area contributed by atoms with Crippen molar-refractivity contribution in [3.05, 3.63) is 84.2 Å². The quantitative estimate of drug-likeness (QED) is 0.245. The van der Waals surface area contributed by atoms with E-state index in [4.69, 9.17) is 29.2 Å². The molecule has 248 valence electrons. The molecule has 0 unspecified atom stereocenters. The second kappa shape index (κ2) is 14.7. The van der Waals surface area contributed by atoms with Crippen LogP contribution < -0.4 is 25.8 Å². The maximum atomic E-state index is 12.8. The number of anilines is 4. The lowest BCUT2D eigenvalue weighted by atomic mass is 10.1. The molecule has 5 heterocycles. The SMILES string of the molecule is O=C(Nc1ccc(C(=O)NCCc2ccncc2)cc1)Nc1ccc(-c2nc(N3CCOCC3)nc(N3C4COCC3COC4)n2)cc1. The molecule has 14 nitrogen and oxygen atoms in total. The van der Waals surface area contributed by atoms with Crippen LogP contribution in [0.2, 0.25) is 0 Å². The Kier molecular flexibility index (Phi) is 9.63. The molecule has 0 aliphatic carbocycles. The van der Waals surface area contributed by atoms with Gasteiger partial charge in [0.15, 0.2) is 5.82 Å². The van der Waals surface area contributed by atoms with Gasteiger partial charge in [-0.1, -0.05) is 0 Å². The molecule has 3 saturated heterocycles. The van der Waals surface area contributed by atoms with Gasteiger partial charge in [-0.05, 0) is 72.6 Å². The summed E-state index contributed by atoms with van der Waals surface area (Å²) < 4.78 is 17.1. The summed E-state index contributed by atoms with van der Waals surface area (Å²) in [5.74, 6) is 1.59. The number of ether oxygens (including phenoxy) is 3. The van der Waals surface area contributed by atoms with Crippen molar-refractivity contribution in [1.82, 2.24) is 25.3 Å². The summed E-state index contributed by atoms with van der Waals surface area (Å²) >= 11 is 0. The van der Waals surface area contributed by atoms with E-state index >= 15 is 0 Å². The van der Waals surface area contributed by atoms with Gasteiger partial charge in [0.25, 0.3) is 5.91 Å². The van der Waals surface area contributed by atoms with Gasteiger partial charge in [0.1, 0.15) is 0 Å². The number of carbonyl (C=O) groups excluding carboxylic acids is 2. The van der Waals surface area contributed by atoms with Gasteiger partial charge >= 0.3 is 6.03 Å². The first-order chi connectivity index (χ1) is 23.6. The number of benzene rings is 2. The maximum Gasteiger partial charge on any atom is 0.323 e. The lowest BCUT2D eigenvalue weighted by Gasteiger charge is -2.45. The highest BCUT2D eigenvalue weighted by Gasteiger charge is 2.38. The average Bonchev–Trinajstić information content (AvgIpc) is 3.12. The van der Waals surface area contributed by atoms with E-state index in [9.17, 15) is 9.59 Å². The van der Waals surface area contributed by atoms with E-state index in [-0.39, 0.29) is 18.0 Å². The van der Waals surface area contributed by atoms with Gasteiger partial charge in [0, 0.05) is 54.5 Å². The summed E-state index contributed by atoms with van der Waals surface area (Å²) in [6.45, 7) is 5.36. The summed E-state index contributed by atoms with van der Waals surface area (Å²) in [4.78, 5) is 48.3. The molecule has 3 N–H and O–H groups in total. The van der Waals surface area contributed by atoms with Crippen LogP contribution in [-0.2, 0) is 20.6 Å². The summed E-state index contributed by atoms with van der Waals surface area (Å²) in [5, 5.41) is 8.58. The van der Waals surface area contributed by atoms with Crippen LogP contribution in [0.3, 0.4) is 0 Å². The minimum atomic E-state index is -0.407. The number of nitrogens with one attached hydrogen (secondary N) is 3. The zero-order valence-corrected chi connectivity index (χ0v) is 26.4. The molecule has 48 heavy (non-hydrogen) atoms.